The molecule has 35 heavy (non-hydrogen) atoms. The summed E-state index contributed by atoms with van der Waals surface area (Å²) in [4.78, 5) is 26.4. The third kappa shape index (κ3) is 5.39. The minimum absolute atomic E-state index is 0.102. The maximum absolute atomic E-state index is 11.6. The van der Waals surface area contributed by atoms with Crippen LogP contribution >= 0.6 is 0 Å². The van der Waals surface area contributed by atoms with Crippen LogP contribution in [0.2, 0.25) is 0 Å². The van der Waals surface area contributed by atoms with Crippen LogP contribution in [0.5, 0.6) is 17.2 Å². The van der Waals surface area contributed by atoms with Crippen molar-refractivity contribution in [3.8, 4) is 17.2 Å². The summed E-state index contributed by atoms with van der Waals surface area (Å²) < 4.78 is 11.4. The summed E-state index contributed by atoms with van der Waals surface area (Å²) in [5, 5.41) is 22.3. The van der Waals surface area contributed by atoms with Gasteiger partial charge in [0.05, 0.1) is 15.8 Å². The van der Waals surface area contributed by atoms with Gasteiger partial charge in [-0.05, 0) is 36.8 Å². The molecule has 0 saturated carbocycles. The van der Waals surface area contributed by atoms with Crippen LogP contribution in [0.4, 0.5) is 17.2 Å². The van der Waals surface area contributed by atoms with E-state index in [1.54, 1.807) is 30.5 Å². The van der Waals surface area contributed by atoms with Gasteiger partial charge in [0.25, 0.3) is 0 Å². The van der Waals surface area contributed by atoms with Gasteiger partial charge < -0.3 is 25.5 Å². The molecule has 5 N–H and O–H groups in total. The number of pyridine rings is 1. The van der Waals surface area contributed by atoms with E-state index in [-0.39, 0.29) is 24.6 Å². The average molecular weight is 474 g/mol. The van der Waals surface area contributed by atoms with E-state index in [9.17, 15) is 10.1 Å². The van der Waals surface area contributed by atoms with Gasteiger partial charge in [-0.25, -0.2) is 15.0 Å². The van der Waals surface area contributed by atoms with Gasteiger partial charge in [-0.15, -0.1) is 0 Å². The summed E-state index contributed by atoms with van der Waals surface area (Å²) in [7, 11) is 0. The minimum Gasteiger partial charge on any atom is -0.485 e. The van der Waals surface area contributed by atoms with Gasteiger partial charge in [0.1, 0.15) is 42.1 Å². The van der Waals surface area contributed by atoms with Crippen molar-refractivity contribution >= 4 is 34.4 Å². The van der Waals surface area contributed by atoms with E-state index in [4.69, 9.17) is 20.6 Å². The highest BCUT2D eigenvalue weighted by Crippen LogP contribution is 2.35. The van der Waals surface area contributed by atoms with Crippen LogP contribution in [0.1, 0.15) is 5.56 Å². The van der Waals surface area contributed by atoms with Gasteiger partial charge in [0.2, 0.25) is 0 Å². The number of nitro groups is 1. The standard InChI is InChI=1S/C23H22N8O4/c1-14-8-15(2-3-20(14)35-16-4-6-26-22(9-16)27-12-25)30-23-17-10-19(31(32)33)21(34-7-5-24)11-18(17)28-13-29-23/h2-4,6,8-13H,5,7,24H2,1H3,(H2,25,26,27)(H,28,29,30). The van der Waals surface area contributed by atoms with Gasteiger partial charge in [0, 0.05) is 36.6 Å². The van der Waals surface area contributed by atoms with Crippen molar-refractivity contribution in [1.29, 1.82) is 5.41 Å². The molecule has 2 heterocycles. The summed E-state index contributed by atoms with van der Waals surface area (Å²) >= 11 is 0. The molecule has 12 heteroatoms. The first kappa shape index (κ1) is 23.3. The summed E-state index contributed by atoms with van der Waals surface area (Å²) in [6, 6.07) is 11.8. The molecule has 4 aromatic rings. The Labute approximate surface area is 199 Å². The number of hydrogen-bond donors (Lipinski definition) is 4. The van der Waals surface area contributed by atoms with Crippen LogP contribution < -0.4 is 26.0 Å². The monoisotopic (exact) mass is 474 g/mol. The van der Waals surface area contributed by atoms with Crippen LogP contribution in [0.25, 0.3) is 10.9 Å². The number of aryl methyl sites for hydroxylation is 1. The number of aromatic amines is 1. The maximum atomic E-state index is 11.6. The molecule has 0 amide bonds. The van der Waals surface area contributed by atoms with E-state index in [2.05, 4.69) is 25.3 Å². The predicted octanol–water partition coefficient (Wildman–Crippen LogP) is 3.56. The zero-order chi connectivity index (χ0) is 24.8. The first-order valence-electron chi connectivity index (χ1n) is 10.5. The second-order valence-corrected chi connectivity index (χ2v) is 7.33. The Morgan fingerprint density at radius 2 is 2.09 bits per heavy atom. The third-order valence-electron chi connectivity index (χ3n) is 4.92. The predicted molar refractivity (Wildman–Crippen MR) is 130 cm³/mol. The van der Waals surface area contributed by atoms with E-state index in [1.807, 2.05) is 13.0 Å². The van der Waals surface area contributed by atoms with Crippen molar-refractivity contribution in [3.63, 3.8) is 0 Å². The molecule has 0 atom stereocenters. The van der Waals surface area contributed by atoms with E-state index in [0.717, 1.165) is 11.9 Å². The summed E-state index contributed by atoms with van der Waals surface area (Å²) in [6.07, 6.45) is 3.99. The van der Waals surface area contributed by atoms with Gasteiger partial charge >= 0.3 is 5.69 Å². The fourth-order valence-electron chi connectivity index (χ4n) is 3.35. The number of benzene rings is 2. The highest BCUT2D eigenvalue weighted by molar-refractivity contribution is 5.93. The molecule has 0 unspecified atom stereocenters. The zero-order valence-corrected chi connectivity index (χ0v) is 18.7. The molecule has 0 bridgehead atoms. The lowest BCUT2D eigenvalue weighted by atomic mass is 10.1. The Bertz CT molecular complexity index is 1470. The molecular weight excluding hydrogens is 452 g/mol. The molecule has 0 saturated heterocycles. The number of hydrogen-bond acceptors (Lipinski definition) is 9. The molecule has 2 aromatic heterocycles. The van der Waals surface area contributed by atoms with Gasteiger partial charge in [0.15, 0.2) is 5.75 Å². The highest BCUT2D eigenvalue weighted by Gasteiger charge is 2.19. The van der Waals surface area contributed by atoms with Crippen LogP contribution in [0.3, 0.4) is 0 Å². The number of aromatic nitrogens is 3. The Balaban J connectivity index is 1.62. The minimum atomic E-state index is -0.513. The van der Waals surface area contributed by atoms with Crippen molar-refractivity contribution in [3.05, 3.63) is 76.2 Å². The summed E-state index contributed by atoms with van der Waals surface area (Å²) in [6.45, 7) is 2.27. The van der Waals surface area contributed by atoms with E-state index in [1.165, 1.54) is 18.5 Å². The number of nitrogens with one attached hydrogen (secondary N) is 3. The Morgan fingerprint density at radius 1 is 1.23 bits per heavy atom. The molecule has 0 aliphatic rings. The maximum Gasteiger partial charge on any atom is 0.311 e. The fourth-order valence-corrected chi connectivity index (χ4v) is 3.35. The van der Waals surface area contributed by atoms with Crippen molar-refractivity contribution in [2.75, 3.05) is 18.5 Å². The van der Waals surface area contributed by atoms with Crippen LogP contribution in [0, 0.1) is 22.4 Å². The van der Waals surface area contributed by atoms with Crippen LogP contribution in [0.15, 0.2) is 60.0 Å². The van der Waals surface area contributed by atoms with Crippen LogP contribution in [-0.4, -0.2) is 39.4 Å². The lowest BCUT2D eigenvalue weighted by Gasteiger charge is -2.13. The highest BCUT2D eigenvalue weighted by atomic mass is 16.6. The molecule has 0 aliphatic heterocycles. The van der Waals surface area contributed by atoms with Gasteiger partial charge in [-0.3, -0.25) is 15.5 Å². The van der Waals surface area contributed by atoms with Gasteiger partial charge in [-0.2, -0.15) is 0 Å². The largest absolute Gasteiger partial charge is 0.485 e. The number of anilines is 2. The quantitative estimate of drug-likeness (QED) is 0.123. The number of nitro benzene ring substituents is 1. The normalized spacial score (nSPS) is 11.3. The van der Waals surface area contributed by atoms with Gasteiger partial charge in [-0.1, -0.05) is 0 Å². The molecule has 2 aromatic carbocycles. The number of rotatable bonds is 9. The molecular formula is C23H22N8O4. The Kier molecular flexibility index (Phi) is 6.93. The Morgan fingerprint density at radius 3 is 2.83 bits per heavy atom. The fraction of sp³-hybridized carbons (Fsp3) is 0.130. The van der Waals surface area contributed by atoms with E-state index in [0.29, 0.717) is 39.4 Å². The number of nitrogens with zero attached hydrogens (tertiary/aromatic N) is 4. The van der Waals surface area contributed by atoms with Crippen molar-refractivity contribution in [2.24, 2.45) is 10.7 Å². The number of fused-ring (bicyclic) bond motifs is 1. The average Bonchev–Trinajstić information content (AvgIpc) is 2.84. The SMILES string of the molecule is Cc1cc(Nc2ncnc3cc(OCCN)c([N+](=O)[O-])cc23)ccc1Oc1cc[nH]/c(=N\C=N)c1. The van der Waals surface area contributed by atoms with Crippen molar-refractivity contribution < 1.29 is 14.4 Å². The lowest BCUT2D eigenvalue weighted by molar-refractivity contribution is -0.385. The number of H-pyrrole nitrogens is 1. The van der Waals surface area contributed by atoms with Crippen LogP contribution in [-0.2, 0) is 0 Å². The molecule has 4 rings (SSSR count). The zero-order valence-electron chi connectivity index (χ0n) is 18.7. The smallest absolute Gasteiger partial charge is 0.311 e. The molecule has 0 spiro atoms. The van der Waals surface area contributed by atoms with E-state index < -0.39 is 4.92 Å². The molecule has 0 radical (unpaired) electrons. The number of nitrogens with two attached hydrogens (primary N) is 1. The van der Waals surface area contributed by atoms with Crippen molar-refractivity contribution in [1.82, 2.24) is 15.0 Å². The van der Waals surface area contributed by atoms with Crippen molar-refractivity contribution in [2.45, 2.75) is 6.92 Å². The first-order valence-corrected chi connectivity index (χ1v) is 10.5. The molecule has 0 fully saturated rings. The second kappa shape index (κ2) is 10.4. The topological polar surface area (TPSA) is 177 Å². The number of ether oxygens (including phenoxy) is 2. The lowest BCUT2D eigenvalue weighted by Crippen LogP contribution is -2.11. The summed E-state index contributed by atoms with van der Waals surface area (Å²) in [5.41, 5.74) is 7.80. The van der Waals surface area contributed by atoms with E-state index >= 15 is 0 Å². The second-order valence-electron chi connectivity index (χ2n) is 7.33. The third-order valence-corrected chi connectivity index (χ3v) is 4.92. The summed E-state index contributed by atoms with van der Waals surface area (Å²) in [5.74, 6) is 1.71. The molecule has 0 aliphatic carbocycles. The Hall–Kier alpha value is -4.84. The molecule has 178 valence electrons. The molecule has 12 nitrogen and oxygen atoms in total. The first-order chi connectivity index (χ1) is 17.0.